The van der Waals surface area contributed by atoms with Gasteiger partial charge >= 0.3 is 0 Å². The van der Waals surface area contributed by atoms with Gasteiger partial charge in [-0.2, -0.15) is 0 Å². The summed E-state index contributed by atoms with van der Waals surface area (Å²) in [6.07, 6.45) is 2.31. The molecule has 162 valence electrons. The molecular weight excluding hydrogens is 438 g/mol. The smallest absolute Gasteiger partial charge is 0.263 e. The predicted molar refractivity (Wildman–Crippen MR) is 121 cm³/mol. The SMILES string of the molecule is Cc1cc(OCCCC(=O)Nc2ccc(S(=O)(=O)Nc3ccccn3)cc2)ccc1Cl. The van der Waals surface area contributed by atoms with Crippen LogP contribution in [0, 0.1) is 6.92 Å². The maximum Gasteiger partial charge on any atom is 0.263 e. The van der Waals surface area contributed by atoms with Crippen molar-refractivity contribution in [3.05, 3.63) is 77.4 Å². The molecule has 0 atom stereocenters. The summed E-state index contributed by atoms with van der Waals surface area (Å²) < 4.78 is 32.8. The number of pyridine rings is 1. The third-order valence-corrected chi connectivity index (χ3v) is 6.09. The molecular formula is C22H22ClN3O4S. The summed E-state index contributed by atoms with van der Waals surface area (Å²) in [5, 5.41) is 3.42. The monoisotopic (exact) mass is 459 g/mol. The predicted octanol–water partition coefficient (Wildman–Crippen LogP) is 4.64. The van der Waals surface area contributed by atoms with Gasteiger partial charge in [0.1, 0.15) is 11.6 Å². The highest BCUT2D eigenvalue weighted by Gasteiger charge is 2.14. The molecule has 0 aliphatic rings. The Labute approximate surface area is 186 Å². The van der Waals surface area contributed by atoms with Gasteiger partial charge in [0.15, 0.2) is 0 Å². The van der Waals surface area contributed by atoms with Crippen molar-refractivity contribution >= 4 is 39.0 Å². The van der Waals surface area contributed by atoms with Crippen LogP contribution in [0.1, 0.15) is 18.4 Å². The van der Waals surface area contributed by atoms with Crippen LogP contribution in [0.15, 0.2) is 71.8 Å². The molecule has 3 rings (SSSR count). The number of hydrogen-bond acceptors (Lipinski definition) is 5. The molecule has 9 heteroatoms. The lowest BCUT2D eigenvalue weighted by molar-refractivity contribution is -0.116. The van der Waals surface area contributed by atoms with Crippen molar-refractivity contribution in [3.63, 3.8) is 0 Å². The zero-order valence-corrected chi connectivity index (χ0v) is 18.4. The topological polar surface area (TPSA) is 97.4 Å². The van der Waals surface area contributed by atoms with Gasteiger partial charge in [0, 0.05) is 23.3 Å². The average molecular weight is 460 g/mol. The Morgan fingerprint density at radius 1 is 1.10 bits per heavy atom. The molecule has 1 amide bonds. The second kappa shape index (κ2) is 10.3. The van der Waals surface area contributed by atoms with Gasteiger partial charge in [-0.15, -0.1) is 0 Å². The lowest BCUT2D eigenvalue weighted by Gasteiger charge is -2.10. The van der Waals surface area contributed by atoms with Crippen LogP contribution < -0.4 is 14.8 Å². The number of nitrogens with one attached hydrogen (secondary N) is 2. The Kier molecular flexibility index (Phi) is 7.49. The first-order valence-corrected chi connectivity index (χ1v) is 11.4. The second-order valence-electron chi connectivity index (χ2n) is 6.76. The minimum atomic E-state index is -3.76. The highest BCUT2D eigenvalue weighted by molar-refractivity contribution is 7.92. The molecule has 0 aliphatic carbocycles. The Morgan fingerprint density at radius 3 is 2.55 bits per heavy atom. The van der Waals surface area contributed by atoms with Crippen molar-refractivity contribution < 1.29 is 17.9 Å². The number of benzene rings is 2. The van der Waals surface area contributed by atoms with Crippen LogP contribution in [-0.4, -0.2) is 25.9 Å². The lowest BCUT2D eigenvalue weighted by Crippen LogP contribution is -2.15. The van der Waals surface area contributed by atoms with Gasteiger partial charge in [-0.1, -0.05) is 17.7 Å². The number of aromatic nitrogens is 1. The number of halogens is 1. The van der Waals surface area contributed by atoms with Crippen LogP contribution in [0.4, 0.5) is 11.5 Å². The van der Waals surface area contributed by atoms with Gasteiger partial charge < -0.3 is 10.1 Å². The fourth-order valence-corrected chi connectivity index (χ4v) is 3.82. The maximum atomic E-state index is 12.4. The van der Waals surface area contributed by atoms with Crippen LogP contribution in [-0.2, 0) is 14.8 Å². The molecule has 0 spiro atoms. The number of carbonyl (C=O) groups is 1. The number of nitrogens with zero attached hydrogens (tertiary/aromatic N) is 1. The van der Waals surface area contributed by atoms with E-state index in [1.807, 2.05) is 13.0 Å². The van der Waals surface area contributed by atoms with Crippen LogP contribution in [0.3, 0.4) is 0 Å². The van der Waals surface area contributed by atoms with Crippen molar-refractivity contribution in [3.8, 4) is 5.75 Å². The minimum absolute atomic E-state index is 0.0720. The Balaban J connectivity index is 1.46. The molecule has 0 aliphatic heterocycles. The van der Waals surface area contributed by atoms with Crippen molar-refractivity contribution in [2.45, 2.75) is 24.7 Å². The van der Waals surface area contributed by atoms with E-state index < -0.39 is 10.0 Å². The summed E-state index contributed by atoms with van der Waals surface area (Å²) in [6.45, 7) is 2.29. The summed E-state index contributed by atoms with van der Waals surface area (Å²) in [4.78, 5) is 16.1. The van der Waals surface area contributed by atoms with Crippen LogP contribution >= 0.6 is 11.6 Å². The summed E-state index contributed by atoms with van der Waals surface area (Å²) in [6, 6.07) is 16.3. The minimum Gasteiger partial charge on any atom is -0.494 e. The normalized spacial score (nSPS) is 11.0. The first kappa shape index (κ1) is 22.6. The number of sulfonamides is 1. The van der Waals surface area contributed by atoms with E-state index in [0.29, 0.717) is 29.5 Å². The molecule has 0 saturated carbocycles. The highest BCUT2D eigenvalue weighted by atomic mass is 35.5. The number of hydrogen-bond donors (Lipinski definition) is 2. The van der Waals surface area contributed by atoms with Gasteiger partial charge in [0.2, 0.25) is 5.91 Å². The Morgan fingerprint density at radius 2 is 1.87 bits per heavy atom. The average Bonchev–Trinajstić information content (AvgIpc) is 2.74. The summed E-state index contributed by atoms with van der Waals surface area (Å²) >= 11 is 5.98. The first-order valence-electron chi connectivity index (χ1n) is 9.56. The van der Waals surface area contributed by atoms with E-state index in [2.05, 4.69) is 15.0 Å². The number of carbonyl (C=O) groups excluding carboxylic acids is 1. The van der Waals surface area contributed by atoms with E-state index in [4.69, 9.17) is 16.3 Å². The van der Waals surface area contributed by atoms with Crippen LogP contribution in [0.25, 0.3) is 0 Å². The first-order chi connectivity index (χ1) is 14.8. The number of ether oxygens (including phenoxy) is 1. The Bertz CT molecular complexity index is 1140. The highest BCUT2D eigenvalue weighted by Crippen LogP contribution is 2.21. The molecule has 0 radical (unpaired) electrons. The third kappa shape index (κ3) is 6.70. The number of aryl methyl sites for hydroxylation is 1. The molecule has 0 bridgehead atoms. The van der Waals surface area contributed by atoms with Crippen molar-refractivity contribution in [1.29, 1.82) is 0 Å². The summed E-state index contributed by atoms with van der Waals surface area (Å²) in [5.74, 6) is 0.757. The number of anilines is 2. The summed E-state index contributed by atoms with van der Waals surface area (Å²) in [7, 11) is -3.76. The quantitative estimate of drug-likeness (QED) is 0.454. The van der Waals surface area contributed by atoms with Gasteiger partial charge in [-0.25, -0.2) is 13.4 Å². The molecule has 2 N–H and O–H groups in total. The molecule has 0 unspecified atom stereocenters. The van der Waals surface area contributed by atoms with Crippen molar-refractivity contribution in [1.82, 2.24) is 4.98 Å². The molecule has 31 heavy (non-hydrogen) atoms. The van der Waals surface area contributed by atoms with E-state index in [-0.39, 0.29) is 23.0 Å². The molecule has 1 aromatic heterocycles. The molecule has 0 saturated heterocycles. The van der Waals surface area contributed by atoms with Gasteiger partial charge in [0.05, 0.1) is 11.5 Å². The largest absolute Gasteiger partial charge is 0.494 e. The maximum absolute atomic E-state index is 12.4. The molecule has 1 heterocycles. The van der Waals surface area contributed by atoms with Crippen molar-refractivity contribution in [2.24, 2.45) is 0 Å². The van der Waals surface area contributed by atoms with E-state index in [1.54, 1.807) is 30.3 Å². The zero-order chi connectivity index (χ0) is 22.3. The van der Waals surface area contributed by atoms with E-state index in [9.17, 15) is 13.2 Å². The number of rotatable bonds is 9. The van der Waals surface area contributed by atoms with E-state index >= 15 is 0 Å². The Hall–Kier alpha value is -3.10. The fourth-order valence-electron chi connectivity index (χ4n) is 2.69. The lowest BCUT2D eigenvalue weighted by atomic mass is 10.2. The standard InChI is InChI=1S/C22H22ClN3O4S/c1-16-15-18(9-12-20(16)23)30-14-4-6-22(27)25-17-7-10-19(11-8-17)31(28,29)26-21-5-2-3-13-24-21/h2-3,5,7-13,15H,4,6,14H2,1H3,(H,24,26)(H,25,27). The van der Waals surface area contributed by atoms with E-state index in [0.717, 1.165) is 5.56 Å². The molecule has 3 aromatic rings. The molecule has 0 fully saturated rings. The third-order valence-electron chi connectivity index (χ3n) is 4.30. The number of amides is 1. The zero-order valence-electron chi connectivity index (χ0n) is 16.8. The van der Waals surface area contributed by atoms with Crippen LogP contribution in [0.5, 0.6) is 5.75 Å². The van der Waals surface area contributed by atoms with Crippen molar-refractivity contribution in [2.75, 3.05) is 16.6 Å². The van der Waals surface area contributed by atoms with E-state index in [1.165, 1.54) is 30.5 Å². The van der Waals surface area contributed by atoms with Crippen LogP contribution in [0.2, 0.25) is 5.02 Å². The van der Waals surface area contributed by atoms with Gasteiger partial charge in [0.25, 0.3) is 10.0 Å². The second-order valence-corrected chi connectivity index (χ2v) is 8.85. The summed E-state index contributed by atoms with van der Waals surface area (Å²) in [5.41, 5.74) is 1.44. The van der Waals surface area contributed by atoms with Gasteiger partial charge in [-0.3, -0.25) is 9.52 Å². The fraction of sp³-hybridized carbons (Fsp3) is 0.182. The van der Waals surface area contributed by atoms with Gasteiger partial charge in [-0.05, 0) is 73.5 Å². The molecule has 2 aromatic carbocycles. The molecule has 7 nitrogen and oxygen atoms in total.